The van der Waals surface area contributed by atoms with Crippen molar-refractivity contribution in [3.05, 3.63) is 133 Å². The summed E-state index contributed by atoms with van der Waals surface area (Å²) in [6, 6.07) is 20.2. The molecule has 6 aromatic rings. The van der Waals surface area contributed by atoms with Crippen LogP contribution in [0.4, 0.5) is 17.1 Å². The Balaban J connectivity index is 0.000000187. The molecule has 0 amide bonds. The molecule has 16 heteroatoms. The van der Waals surface area contributed by atoms with Crippen molar-refractivity contribution in [1.82, 2.24) is 9.97 Å². The fourth-order valence-electron chi connectivity index (χ4n) is 7.76. The molecule has 0 saturated carbocycles. The van der Waals surface area contributed by atoms with Crippen LogP contribution in [0.3, 0.4) is 0 Å². The Kier molecular flexibility index (Phi) is 11.8. The third kappa shape index (κ3) is 7.56. The molecule has 0 bridgehead atoms. The molecule has 0 saturated heterocycles. The minimum atomic E-state index is -3.94. The molecule has 0 aliphatic carbocycles. The number of aromatic amines is 2. The summed E-state index contributed by atoms with van der Waals surface area (Å²) in [7, 11) is -7.85. The molecule has 0 radical (unpaired) electrons. The molecule has 2 aliphatic heterocycles. The molecule has 0 atom stereocenters. The van der Waals surface area contributed by atoms with Crippen molar-refractivity contribution in [3.8, 4) is 12.1 Å². The number of carbonyl (C=O) groups excluding carboxylic acids is 1. The van der Waals surface area contributed by atoms with E-state index in [1.165, 1.54) is 34.0 Å². The zero-order valence-electron chi connectivity index (χ0n) is 32.8. The lowest BCUT2D eigenvalue weighted by atomic mass is 9.98. The van der Waals surface area contributed by atoms with Crippen molar-refractivity contribution >= 4 is 64.9 Å². The number of hydrogen-bond acceptors (Lipinski definition) is 10. The van der Waals surface area contributed by atoms with Gasteiger partial charge in [-0.3, -0.25) is 18.2 Å². The Labute approximate surface area is 341 Å². The number of nitrogens with zero attached hydrogens (tertiary/aromatic N) is 4. The standard InChI is InChI=1S/C22H21N3O3S.C19H16N4O3S.C2H4O/c1-3-5-16-10-15(12-23)11-19-17(16)8-9-25(19)29(27,28)20-7-4-6-18-21(20)14(2)13-24-22(18)26;1-11-10-22-19(24)14-3-2-4-17(18(11)14)27(25,26)23-6-5-13-15(21)7-12(9-20)8-16(13)23;1-2-3/h4,6-7,10-11,13H,3,5,8-9H2,1-2H3,(H,24,26);2-4,7-8,10H,5-6,21H2,1H3,(H,22,24);2H,1H3. The Morgan fingerprint density at radius 1 is 0.746 bits per heavy atom. The van der Waals surface area contributed by atoms with E-state index in [-0.39, 0.29) is 27.5 Å². The normalized spacial score (nSPS) is 13.1. The third-order valence-corrected chi connectivity index (χ3v) is 14.0. The van der Waals surface area contributed by atoms with Crippen molar-refractivity contribution in [2.75, 3.05) is 27.4 Å². The van der Waals surface area contributed by atoms with Gasteiger partial charge in [-0.1, -0.05) is 25.5 Å². The number of nitrogen functional groups attached to an aromatic ring is 1. The summed E-state index contributed by atoms with van der Waals surface area (Å²) in [6.45, 7) is 7.59. The molecular weight excluding hydrogens is 791 g/mol. The van der Waals surface area contributed by atoms with Gasteiger partial charge in [0.1, 0.15) is 6.29 Å². The highest BCUT2D eigenvalue weighted by molar-refractivity contribution is 7.93. The highest BCUT2D eigenvalue weighted by atomic mass is 32.2. The van der Waals surface area contributed by atoms with Crippen LogP contribution in [-0.2, 0) is 44.1 Å². The van der Waals surface area contributed by atoms with E-state index in [9.17, 15) is 36.9 Å². The number of fused-ring (bicyclic) bond motifs is 4. The average Bonchev–Trinajstić information content (AvgIpc) is 3.87. The van der Waals surface area contributed by atoms with Gasteiger partial charge in [0.2, 0.25) is 0 Å². The van der Waals surface area contributed by atoms with E-state index in [0.29, 0.717) is 85.8 Å². The van der Waals surface area contributed by atoms with Crippen molar-refractivity contribution in [2.24, 2.45) is 0 Å². The molecule has 0 fully saturated rings. The van der Waals surface area contributed by atoms with Gasteiger partial charge < -0.3 is 20.5 Å². The zero-order valence-corrected chi connectivity index (χ0v) is 34.4. The highest BCUT2D eigenvalue weighted by Crippen LogP contribution is 2.40. The van der Waals surface area contributed by atoms with Crippen molar-refractivity contribution < 1.29 is 21.6 Å². The van der Waals surface area contributed by atoms with Gasteiger partial charge in [0, 0.05) is 58.3 Å². The number of nitrogens with two attached hydrogens (primary N) is 1. The first-order valence-corrected chi connectivity index (χ1v) is 21.6. The lowest BCUT2D eigenvalue weighted by molar-refractivity contribution is -0.106. The van der Waals surface area contributed by atoms with E-state index in [1.807, 2.05) is 12.1 Å². The Bertz CT molecular complexity index is 3110. The first-order valence-electron chi connectivity index (χ1n) is 18.7. The predicted molar refractivity (Wildman–Crippen MR) is 228 cm³/mol. The van der Waals surface area contributed by atoms with Crippen LogP contribution in [-0.4, -0.2) is 46.2 Å². The second-order valence-electron chi connectivity index (χ2n) is 14.0. The second kappa shape index (κ2) is 16.6. The number of sulfonamides is 2. The minimum absolute atomic E-state index is 0.0670. The van der Waals surface area contributed by atoms with Crippen molar-refractivity contribution in [3.63, 3.8) is 0 Å². The van der Waals surface area contributed by atoms with Crippen LogP contribution in [0.1, 0.15) is 59.2 Å². The SMILES string of the molecule is CC=O.CCCc1cc(C#N)cc2c1CCN2S(=O)(=O)c1cccc2c(=O)[nH]cc(C)c12.Cc1c[nH]c(=O)c2cccc(S(=O)(=O)N3CCc4c(N)cc(C#N)cc43)c12. The number of aromatic nitrogens is 2. The van der Waals surface area contributed by atoms with E-state index in [0.717, 1.165) is 30.3 Å². The summed E-state index contributed by atoms with van der Waals surface area (Å²) in [4.78, 5) is 38.6. The molecule has 0 unspecified atom stereocenters. The molecular formula is C43H41N7O7S2. The first kappa shape index (κ1) is 41.9. The maximum absolute atomic E-state index is 13.7. The lowest BCUT2D eigenvalue weighted by Crippen LogP contribution is -2.29. The Morgan fingerprint density at radius 2 is 1.19 bits per heavy atom. The van der Waals surface area contributed by atoms with Crippen LogP contribution in [0.2, 0.25) is 0 Å². The van der Waals surface area contributed by atoms with Crippen LogP contribution in [0, 0.1) is 36.5 Å². The average molecular weight is 832 g/mol. The summed E-state index contributed by atoms with van der Waals surface area (Å²) in [5.41, 5.74) is 11.6. The van der Waals surface area contributed by atoms with Gasteiger partial charge in [-0.15, -0.1) is 0 Å². The maximum Gasteiger partial charge on any atom is 0.264 e. The van der Waals surface area contributed by atoms with Crippen LogP contribution >= 0.6 is 0 Å². The van der Waals surface area contributed by atoms with E-state index in [1.54, 1.807) is 62.4 Å². The van der Waals surface area contributed by atoms with Crippen LogP contribution in [0.5, 0.6) is 0 Å². The van der Waals surface area contributed by atoms with Gasteiger partial charge in [-0.25, -0.2) is 16.8 Å². The molecule has 0 spiro atoms. The van der Waals surface area contributed by atoms with Gasteiger partial charge in [0.25, 0.3) is 31.2 Å². The summed E-state index contributed by atoms with van der Waals surface area (Å²) in [5.74, 6) is 0. The number of carbonyl (C=O) groups is 1. The molecule has 59 heavy (non-hydrogen) atoms. The van der Waals surface area contributed by atoms with Crippen molar-refractivity contribution in [1.29, 1.82) is 10.5 Å². The zero-order chi connectivity index (χ0) is 42.8. The molecule has 14 nitrogen and oxygen atoms in total. The number of aldehydes is 1. The maximum atomic E-state index is 13.7. The second-order valence-corrected chi connectivity index (χ2v) is 17.7. The van der Waals surface area contributed by atoms with Crippen LogP contribution in [0.15, 0.2) is 92.4 Å². The van der Waals surface area contributed by atoms with Crippen LogP contribution in [0.25, 0.3) is 21.5 Å². The number of nitriles is 2. The van der Waals surface area contributed by atoms with E-state index >= 15 is 0 Å². The topological polar surface area (TPSA) is 231 Å². The lowest BCUT2D eigenvalue weighted by Gasteiger charge is -2.21. The number of hydrogen-bond donors (Lipinski definition) is 3. The van der Waals surface area contributed by atoms with Gasteiger partial charge in [0.05, 0.1) is 44.4 Å². The highest BCUT2D eigenvalue weighted by Gasteiger charge is 2.35. The molecule has 8 rings (SSSR count). The number of rotatable bonds is 6. The number of benzene rings is 4. The molecule has 4 N–H and O–H groups in total. The Morgan fingerprint density at radius 3 is 1.64 bits per heavy atom. The third-order valence-electron chi connectivity index (χ3n) is 10.3. The predicted octanol–water partition coefficient (Wildman–Crippen LogP) is 5.66. The van der Waals surface area contributed by atoms with Gasteiger partial charge in [-0.05, 0) is 111 Å². The molecule has 2 aromatic heterocycles. The number of H-pyrrole nitrogens is 2. The fourth-order valence-corrected chi connectivity index (χ4v) is 11.3. The number of aryl methyl sites for hydroxylation is 3. The van der Waals surface area contributed by atoms with Gasteiger partial charge in [-0.2, -0.15) is 10.5 Å². The number of anilines is 3. The summed E-state index contributed by atoms with van der Waals surface area (Å²) < 4.78 is 57.0. The smallest absolute Gasteiger partial charge is 0.264 e. The fraction of sp³-hybridized carbons (Fsp3) is 0.233. The summed E-state index contributed by atoms with van der Waals surface area (Å²) >= 11 is 0. The number of pyridine rings is 2. The largest absolute Gasteiger partial charge is 0.398 e. The van der Waals surface area contributed by atoms with Crippen molar-refractivity contribution in [2.45, 2.75) is 63.2 Å². The molecule has 4 heterocycles. The minimum Gasteiger partial charge on any atom is -0.398 e. The van der Waals surface area contributed by atoms with E-state index in [4.69, 9.17) is 10.5 Å². The summed E-state index contributed by atoms with van der Waals surface area (Å²) in [5, 5.41) is 20.1. The van der Waals surface area contributed by atoms with E-state index < -0.39 is 20.0 Å². The molecule has 2 aliphatic rings. The summed E-state index contributed by atoms with van der Waals surface area (Å²) in [6.07, 6.45) is 6.59. The molecule has 4 aromatic carbocycles. The Hall–Kier alpha value is -6.75. The van der Waals surface area contributed by atoms with Gasteiger partial charge in [0.15, 0.2) is 0 Å². The quantitative estimate of drug-likeness (QED) is 0.138. The first-order chi connectivity index (χ1) is 28.1. The van der Waals surface area contributed by atoms with E-state index in [2.05, 4.69) is 23.0 Å². The molecule has 302 valence electrons. The van der Waals surface area contributed by atoms with Gasteiger partial charge >= 0.3 is 0 Å². The number of nitrogens with one attached hydrogen (secondary N) is 2. The monoisotopic (exact) mass is 831 g/mol. The van der Waals surface area contributed by atoms with Crippen LogP contribution < -0.4 is 25.5 Å².